The predicted octanol–water partition coefficient (Wildman–Crippen LogP) is 1.29. The van der Waals surface area contributed by atoms with Gasteiger partial charge in [0.15, 0.2) is 5.78 Å². The average molecular weight is 251 g/mol. The molecule has 2 aromatic heterocycles. The zero-order valence-corrected chi connectivity index (χ0v) is 10.3. The number of tetrazole rings is 1. The van der Waals surface area contributed by atoms with Crippen LogP contribution >= 0.6 is 11.8 Å². The molecule has 0 bridgehead atoms. The van der Waals surface area contributed by atoms with E-state index in [1.54, 1.807) is 35.8 Å². The van der Waals surface area contributed by atoms with Crippen LogP contribution in [0.5, 0.6) is 0 Å². The summed E-state index contributed by atoms with van der Waals surface area (Å²) in [6.45, 7) is 0. The Hall–Kier alpha value is -1.63. The van der Waals surface area contributed by atoms with Gasteiger partial charge in [0.05, 0.1) is 5.69 Å². The quantitative estimate of drug-likeness (QED) is 0.475. The number of Topliss-reactive ketones (excluding diaryl/α,β-unsaturated/α-hetero) is 1. The summed E-state index contributed by atoms with van der Waals surface area (Å²) >= 11 is 1.56. The van der Waals surface area contributed by atoms with Crippen LogP contribution in [-0.4, -0.2) is 36.7 Å². The Morgan fingerprint density at radius 3 is 3.12 bits per heavy atom. The number of rotatable bonds is 6. The summed E-state index contributed by atoms with van der Waals surface area (Å²) in [5.41, 5.74) is 0.676. The molecule has 0 radical (unpaired) electrons. The van der Waals surface area contributed by atoms with E-state index in [0.717, 1.165) is 17.3 Å². The van der Waals surface area contributed by atoms with Crippen molar-refractivity contribution >= 4 is 17.5 Å². The molecule has 7 heteroatoms. The summed E-state index contributed by atoms with van der Waals surface area (Å²) in [5.74, 6) is 0.979. The van der Waals surface area contributed by atoms with E-state index in [0.29, 0.717) is 12.1 Å². The van der Waals surface area contributed by atoms with Crippen molar-refractivity contribution in [2.75, 3.05) is 5.75 Å². The Bertz CT molecular complexity index is 479. The van der Waals surface area contributed by atoms with Crippen molar-refractivity contribution in [3.63, 3.8) is 0 Å². The molecule has 0 saturated carbocycles. The number of aromatic amines is 1. The first-order valence-corrected chi connectivity index (χ1v) is 6.27. The summed E-state index contributed by atoms with van der Waals surface area (Å²) in [4.78, 5) is 14.6. The van der Waals surface area contributed by atoms with Crippen molar-refractivity contribution in [2.45, 2.75) is 18.0 Å². The van der Waals surface area contributed by atoms with Gasteiger partial charge in [-0.2, -0.15) is 0 Å². The number of aromatic nitrogens is 5. The van der Waals surface area contributed by atoms with Crippen LogP contribution in [-0.2, 0) is 7.05 Å². The lowest BCUT2D eigenvalue weighted by atomic mass is 10.2. The van der Waals surface area contributed by atoms with Gasteiger partial charge in [-0.05, 0) is 29.0 Å². The molecule has 2 heterocycles. The third kappa shape index (κ3) is 3.16. The number of nitrogens with zero attached hydrogens (tertiary/aromatic N) is 4. The maximum absolute atomic E-state index is 11.6. The van der Waals surface area contributed by atoms with Crippen LogP contribution in [0.3, 0.4) is 0 Å². The number of thioether (sulfide) groups is 1. The van der Waals surface area contributed by atoms with E-state index >= 15 is 0 Å². The second-order valence-electron chi connectivity index (χ2n) is 3.54. The highest BCUT2D eigenvalue weighted by Crippen LogP contribution is 2.15. The van der Waals surface area contributed by atoms with Crippen molar-refractivity contribution in [1.29, 1.82) is 0 Å². The van der Waals surface area contributed by atoms with E-state index in [1.165, 1.54) is 0 Å². The van der Waals surface area contributed by atoms with Crippen LogP contribution in [0, 0.1) is 0 Å². The lowest BCUT2D eigenvalue weighted by molar-refractivity contribution is 0.0978. The van der Waals surface area contributed by atoms with Gasteiger partial charge in [0.2, 0.25) is 5.16 Å². The van der Waals surface area contributed by atoms with Gasteiger partial charge in [0.25, 0.3) is 0 Å². The van der Waals surface area contributed by atoms with E-state index in [4.69, 9.17) is 0 Å². The van der Waals surface area contributed by atoms with E-state index in [-0.39, 0.29) is 5.78 Å². The zero-order valence-electron chi connectivity index (χ0n) is 9.46. The number of hydrogen-bond acceptors (Lipinski definition) is 5. The monoisotopic (exact) mass is 251 g/mol. The molecule has 1 N–H and O–H groups in total. The molecule has 0 unspecified atom stereocenters. The minimum Gasteiger partial charge on any atom is -0.359 e. The van der Waals surface area contributed by atoms with E-state index in [2.05, 4.69) is 20.5 Å². The third-order valence-electron chi connectivity index (χ3n) is 2.26. The normalized spacial score (nSPS) is 10.6. The Morgan fingerprint density at radius 2 is 2.47 bits per heavy atom. The van der Waals surface area contributed by atoms with Crippen LogP contribution in [0.25, 0.3) is 0 Å². The number of aryl methyl sites for hydroxylation is 1. The number of ketones is 1. The van der Waals surface area contributed by atoms with Gasteiger partial charge in [-0.25, -0.2) is 4.68 Å². The molecule has 0 fully saturated rings. The molecule has 0 amide bonds. The molecule has 0 aliphatic rings. The van der Waals surface area contributed by atoms with Gasteiger partial charge < -0.3 is 4.98 Å². The summed E-state index contributed by atoms with van der Waals surface area (Å²) in [5, 5.41) is 11.9. The fourth-order valence-corrected chi connectivity index (χ4v) is 2.17. The van der Waals surface area contributed by atoms with Crippen LogP contribution in [0.1, 0.15) is 23.3 Å². The molecule has 6 nitrogen and oxygen atoms in total. The second-order valence-corrected chi connectivity index (χ2v) is 4.61. The summed E-state index contributed by atoms with van der Waals surface area (Å²) in [6.07, 6.45) is 3.11. The molecule has 0 saturated heterocycles. The first-order chi connectivity index (χ1) is 8.27. The van der Waals surface area contributed by atoms with Crippen LogP contribution in [0.15, 0.2) is 23.5 Å². The Morgan fingerprint density at radius 1 is 1.59 bits per heavy atom. The van der Waals surface area contributed by atoms with Gasteiger partial charge in [-0.15, -0.1) is 5.10 Å². The summed E-state index contributed by atoms with van der Waals surface area (Å²) in [7, 11) is 1.80. The van der Waals surface area contributed by atoms with Crippen LogP contribution in [0.2, 0.25) is 0 Å². The lowest BCUT2D eigenvalue weighted by Crippen LogP contribution is -2.00. The Balaban J connectivity index is 1.70. The maximum atomic E-state index is 11.6. The molecule has 0 aliphatic heterocycles. The molecule has 0 atom stereocenters. The topological polar surface area (TPSA) is 76.5 Å². The number of nitrogens with one attached hydrogen (secondary N) is 1. The Labute approximate surface area is 103 Å². The number of carbonyl (C=O) groups excluding carboxylic acids is 1. The molecule has 2 rings (SSSR count). The van der Waals surface area contributed by atoms with Gasteiger partial charge in [0.1, 0.15) is 0 Å². The maximum Gasteiger partial charge on any atom is 0.209 e. The minimum absolute atomic E-state index is 0.145. The molecular formula is C10H13N5OS. The average Bonchev–Trinajstić information content (AvgIpc) is 2.96. The smallest absolute Gasteiger partial charge is 0.209 e. The molecule has 90 valence electrons. The first-order valence-electron chi connectivity index (χ1n) is 5.29. The van der Waals surface area contributed by atoms with Crippen molar-refractivity contribution < 1.29 is 4.79 Å². The molecule has 0 spiro atoms. The zero-order chi connectivity index (χ0) is 12.1. The van der Waals surface area contributed by atoms with E-state index in [9.17, 15) is 4.79 Å². The molecule has 0 aliphatic carbocycles. The van der Waals surface area contributed by atoms with E-state index < -0.39 is 0 Å². The molecule has 0 aromatic carbocycles. The van der Waals surface area contributed by atoms with Crippen molar-refractivity contribution in [3.05, 3.63) is 24.0 Å². The van der Waals surface area contributed by atoms with Gasteiger partial charge in [-0.1, -0.05) is 11.8 Å². The molecular weight excluding hydrogens is 238 g/mol. The second kappa shape index (κ2) is 5.62. The lowest BCUT2D eigenvalue weighted by Gasteiger charge is -1.99. The van der Waals surface area contributed by atoms with Gasteiger partial charge >= 0.3 is 0 Å². The largest absolute Gasteiger partial charge is 0.359 e. The summed E-state index contributed by atoms with van der Waals surface area (Å²) in [6, 6.07) is 3.62. The highest BCUT2D eigenvalue weighted by Gasteiger charge is 2.07. The summed E-state index contributed by atoms with van der Waals surface area (Å²) < 4.78 is 1.62. The fraction of sp³-hybridized carbons (Fsp3) is 0.400. The first kappa shape index (κ1) is 11.8. The highest BCUT2D eigenvalue weighted by atomic mass is 32.2. The number of carbonyl (C=O) groups is 1. The van der Waals surface area contributed by atoms with Crippen LogP contribution < -0.4 is 0 Å². The van der Waals surface area contributed by atoms with Crippen molar-refractivity contribution in [1.82, 2.24) is 25.2 Å². The van der Waals surface area contributed by atoms with Gasteiger partial charge in [-0.3, -0.25) is 4.79 Å². The molecule has 2 aromatic rings. The SMILES string of the molecule is Cn1nnnc1SCCCC(=O)c1ccc[nH]1. The molecule has 17 heavy (non-hydrogen) atoms. The number of hydrogen-bond donors (Lipinski definition) is 1. The Kier molecular flexibility index (Phi) is 3.92. The standard InChI is InChI=1S/C10H13N5OS/c1-15-10(12-13-14-15)17-7-3-5-9(16)8-4-2-6-11-8/h2,4,6,11H,3,5,7H2,1H3. The predicted molar refractivity (Wildman–Crippen MR) is 63.9 cm³/mol. The highest BCUT2D eigenvalue weighted by molar-refractivity contribution is 7.99. The fourth-order valence-electron chi connectivity index (χ4n) is 1.38. The van der Waals surface area contributed by atoms with Crippen molar-refractivity contribution in [2.24, 2.45) is 7.05 Å². The van der Waals surface area contributed by atoms with E-state index in [1.807, 2.05) is 6.07 Å². The third-order valence-corrected chi connectivity index (χ3v) is 3.36. The minimum atomic E-state index is 0.145. The van der Waals surface area contributed by atoms with Crippen LogP contribution in [0.4, 0.5) is 0 Å². The van der Waals surface area contributed by atoms with Gasteiger partial charge in [0, 0.05) is 25.4 Å². The van der Waals surface area contributed by atoms with Crippen molar-refractivity contribution in [3.8, 4) is 0 Å². The number of H-pyrrole nitrogens is 1.